The maximum atomic E-state index is 12.1. The van der Waals surface area contributed by atoms with Crippen molar-refractivity contribution in [3.05, 3.63) is 42.5 Å². The van der Waals surface area contributed by atoms with Crippen molar-refractivity contribution >= 4 is 22.4 Å². The molecule has 0 saturated carbocycles. The summed E-state index contributed by atoms with van der Waals surface area (Å²) in [4.78, 5) is 12.1. The quantitative estimate of drug-likeness (QED) is 0.619. The van der Waals surface area contributed by atoms with Gasteiger partial charge < -0.3 is 18.9 Å². The van der Waals surface area contributed by atoms with Gasteiger partial charge in [0.15, 0.2) is 29.6 Å². The number of ether oxygens (including phenoxy) is 4. The SMILES string of the molecule is COc1ccc(-c2nnc(NC(=O)COc3ccccc3OC)s2)cc1OC. The number of methoxy groups -OCH3 is 3. The van der Waals surface area contributed by atoms with E-state index in [0.29, 0.717) is 33.1 Å². The van der Waals surface area contributed by atoms with Crippen LogP contribution in [-0.4, -0.2) is 44.0 Å². The molecule has 146 valence electrons. The summed E-state index contributed by atoms with van der Waals surface area (Å²) in [5, 5.41) is 11.8. The Morgan fingerprint density at radius 3 is 2.32 bits per heavy atom. The first-order chi connectivity index (χ1) is 13.6. The summed E-state index contributed by atoms with van der Waals surface area (Å²) in [6, 6.07) is 12.5. The molecule has 3 rings (SSSR count). The van der Waals surface area contributed by atoms with E-state index in [-0.39, 0.29) is 12.5 Å². The van der Waals surface area contributed by atoms with Gasteiger partial charge in [0.25, 0.3) is 5.91 Å². The highest BCUT2D eigenvalue weighted by Crippen LogP contribution is 2.34. The summed E-state index contributed by atoms with van der Waals surface area (Å²) >= 11 is 1.25. The van der Waals surface area contributed by atoms with Crippen LogP contribution in [0.1, 0.15) is 0 Å². The third kappa shape index (κ3) is 4.49. The first kappa shape index (κ1) is 19.4. The summed E-state index contributed by atoms with van der Waals surface area (Å²) in [6.45, 7) is -0.175. The Morgan fingerprint density at radius 2 is 1.61 bits per heavy atom. The van der Waals surface area contributed by atoms with Gasteiger partial charge in [0.2, 0.25) is 5.13 Å². The molecule has 9 heteroatoms. The summed E-state index contributed by atoms with van der Waals surface area (Å²) in [6.07, 6.45) is 0. The number of hydrogen-bond donors (Lipinski definition) is 1. The minimum absolute atomic E-state index is 0.175. The molecule has 0 fully saturated rings. The number of anilines is 1. The van der Waals surface area contributed by atoms with Crippen LogP contribution < -0.4 is 24.3 Å². The van der Waals surface area contributed by atoms with E-state index in [1.807, 2.05) is 12.1 Å². The van der Waals surface area contributed by atoms with Crippen LogP contribution in [0.3, 0.4) is 0 Å². The second kappa shape index (κ2) is 9.05. The number of aromatic nitrogens is 2. The number of rotatable bonds is 8. The number of benzene rings is 2. The van der Waals surface area contributed by atoms with Crippen molar-refractivity contribution in [2.45, 2.75) is 0 Å². The fourth-order valence-corrected chi connectivity index (χ4v) is 3.15. The molecule has 0 saturated heterocycles. The van der Waals surface area contributed by atoms with Gasteiger partial charge >= 0.3 is 0 Å². The number of amides is 1. The van der Waals surface area contributed by atoms with Crippen LogP contribution in [0.4, 0.5) is 5.13 Å². The lowest BCUT2D eigenvalue weighted by molar-refractivity contribution is -0.118. The number of carbonyl (C=O) groups excluding carboxylic acids is 1. The highest BCUT2D eigenvalue weighted by atomic mass is 32.1. The average Bonchev–Trinajstić information content (AvgIpc) is 3.20. The fourth-order valence-electron chi connectivity index (χ4n) is 2.40. The number of para-hydroxylation sites is 2. The van der Waals surface area contributed by atoms with Gasteiger partial charge in [-0.25, -0.2) is 0 Å². The molecule has 8 nitrogen and oxygen atoms in total. The third-order valence-electron chi connectivity index (χ3n) is 3.73. The lowest BCUT2D eigenvalue weighted by Crippen LogP contribution is -2.20. The van der Waals surface area contributed by atoms with E-state index in [1.54, 1.807) is 51.7 Å². The van der Waals surface area contributed by atoms with Gasteiger partial charge in [0, 0.05) is 5.56 Å². The van der Waals surface area contributed by atoms with Gasteiger partial charge in [-0.2, -0.15) is 0 Å². The van der Waals surface area contributed by atoms with Crippen LogP contribution in [0.2, 0.25) is 0 Å². The smallest absolute Gasteiger partial charge is 0.264 e. The molecule has 0 aliphatic carbocycles. The van der Waals surface area contributed by atoms with Crippen molar-refractivity contribution in [1.29, 1.82) is 0 Å². The standard InChI is InChI=1S/C19H19N3O5S/c1-24-13-6-4-5-7-15(13)27-11-17(23)20-19-22-21-18(28-19)12-8-9-14(25-2)16(10-12)26-3/h4-10H,11H2,1-3H3,(H,20,22,23). The van der Waals surface area contributed by atoms with Crippen molar-refractivity contribution in [2.24, 2.45) is 0 Å². The van der Waals surface area contributed by atoms with E-state index in [1.165, 1.54) is 11.3 Å². The lowest BCUT2D eigenvalue weighted by Gasteiger charge is -2.09. The van der Waals surface area contributed by atoms with E-state index in [2.05, 4.69) is 15.5 Å². The van der Waals surface area contributed by atoms with Gasteiger partial charge in [-0.1, -0.05) is 23.5 Å². The Kier molecular flexibility index (Phi) is 6.28. The maximum absolute atomic E-state index is 12.1. The van der Waals surface area contributed by atoms with Gasteiger partial charge in [-0.15, -0.1) is 10.2 Å². The van der Waals surface area contributed by atoms with E-state index < -0.39 is 0 Å². The molecule has 0 aliphatic heterocycles. The highest BCUT2D eigenvalue weighted by Gasteiger charge is 2.13. The lowest BCUT2D eigenvalue weighted by atomic mass is 10.2. The Bertz CT molecular complexity index is 960. The molecule has 0 radical (unpaired) electrons. The molecule has 2 aromatic carbocycles. The summed E-state index contributed by atoms with van der Waals surface area (Å²) in [5.41, 5.74) is 0.806. The molecule has 0 aliphatic rings. The molecule has 1 N–H and O–H groups in total. The Morgan fingerprint density at radius 1 is 0.929 bits per heavy atom. The van der Waals surface area contributed by atoms with Gasteiger partial charge in [0.05, 0.1) is 21.3 Å². The van der Waals surface area contributed by atoms with Gasteiger partial charge in [-0.3, -0.25) is 10.1 Å². The number of carbonyl (C=O) groups is 1. The second-order valence-electron chi connectivity index (χ2n) is 5.47. The third-order valence-corrected chi connectivity index (χ3v) is 4.62. The van der Waals surface area contributed by atoms with Crippen LogP contribution in [-0.2, 0) is 4.79 Å². The zero-order valence-electron chi connectivity index (χ0n) is 15.6. The molecule has 1 aromatic heterocycles. The zero-order chi connectivity index (χ0) is 19.9. The van der Waals surface area contributed by atoms with E-state index in [9.17, 15) is 4.79 Å². The Balaban J connectivity index is 1.63. The van der Waals surface area contributed by atoms with Crippen molar-refractivity contribution in [3.63, 3.8) is 0 Å². The van der Waals surface area contributed by atoms with E-state index in [0.717, 1.165) is 5.56 Å². The predicted molar refractivity (Wildman–Crippen MR) is 106 cm³/mol. The fraction of sp³-hybridized carbons (Fsp3) is 0.211. The van der Waals surface area contributed by atoms with Crippen molar-refractivity contribution in [2.75, 3.05) is 33.3 Å². The van der Waals surface area contributed by atoms with Crippen LogP contribution in [0.5, 0.6) is 23.0 Å². The topological polar surface area (TPSA) is 91.8 Å². The van der Waals surface area contributed by atoms with Crippen LogP contribution in [0, 0.1) is 0 Å². The largest absolute Gasteiger partial charge is 0.493 e. The Hall–Kier alpha value is -3.33. The van der Waals surface area contributed by atoms with E-state index >= 15 is 0 Å². The number of nitrogens with zero attached hydrogens (tertiary/aromatic N) is 2. The average molecular weight is 401 g/mol. The zero-order valence-corrected chi connectivity index (χ0v) is 16.4. The molecular weight excluding hydrogens is 382 g/mol. The first-order valence-electron chi connectivity index (χ1n) is 8.26. The van der Waals surface area contributed by atoms with Gasteiger partial charge in [0.1, 0.15) is 5.01 Å². The van der Waals surface area contributed by atoms with Crippen LogP contribution in [0.15, 0.2) is 42.5 Å². The first-order valence-corrected chi connectivity index (χ1v) is 9.07. The normalized spacial score (nSPS) is 10.2. The summed E-state index contributed by atoms with van der Waals surface area (Å²) in [7, 11) is 4.68. The molecule has 3 aromatic rings. The predicted octanol–water partition coefficient (Wildman–Crippen LogP) is 3.25. The molecule has 0 atom stereocenters. The monoisotopic (exact) mass is 401 g/mol. The molecule has 0 unspecified atom stereocenters. The molecule has 1 heterocycles. The summed E-state index contributed by atoms with van der Waals surface area (Å²) < 4.78 is 21.2. The highest BCUT2D eigenvalue weighted by molar-refractivity contribution is 7.18. The Labute approximate surface area is 166 Å². The van der Waals surface area contributed by atoms with Crippen LogP contribution in [0.25, 0.3) is 10.6 Å². The molecular formula is C19H19N3O5S. The maximum Gasteiger partial charge on any atom is 0.264 e. The minimum atomic E-state index is -0.346. The van der Waals surface area contributed by atoms with E-state index in [4.69, 9.17) is 18.9 Å². The summed E-state index contributed by atoms with van der Waals surface area (Å²) in [5.74, 6) is 1.91. The number of hydrogen-bond acceptors (Lipinski definition) is 8. The molecule has 1 amide bonds. The molecule has 0 bridgehead atoms. The van der Waals surface area contributed by atoms with Crippen molar-refractivity contribution < 1.29 is 23.7 Å². The van der Waals surface area contributed by atoms with Gasteiger partial charge in [-0.05, 0) is 30.3 Å². The van der Waals surface area contributed by atoms with Crippen LogP contribution >= 0.6 is 11.3 Å². The second-order valence-corrected chi connectivity index (χ2v) is 6.45. The molecule has 28 heavy (non-hydrogen) atoms. The van der Waals surface area contributed by atoms with Crippen molar-refractivity contribution in [3.8, 4) is 33.6 Å². The minimum Gasteiger partial charge on any atom is -0.493 e. The number of nitrogens with one attached hydrogen (secondary N) is 1. The van der Waals surface area contributed by atoms with Crippen molar-refractivity contribution in [1.82, 2.24) is 10.2 Å². The molecule has 0 spiro atoms.